The molecule has 15 atom stereocenters. The maximum absolute atomic E-state index is 10.9. The minimum absolute atomic E-state index is 0.404. The number of aliphatic hydroxyl groups excluding tert-OH is 8. The molecule has 3 rings (SSSR count). The van der Waals surface area contributed by atoms with E-state index in [-0.39, 0.29) is 0 Å². The summed E-state index contributed by atoms with van der Waals surface area (Å²) in [6.07, 6.45) is -15.5. The predicted molar refractivity (Wildman–Crippen MR) is 106 cm³/mol. The molecule has 35 heavy (non-hydrogen) atoms. The van der Waals surface area contributed by atoms with Crippen molar-refractivity contribution in [1.82, 2.24) is 0 Å². The summed E-state index contributed by atoms with van der Waals surface area (Å²) in [5.74, 6) is 0. The zero-order valence-electron chi connectivity index (χ0n) is 18.8. The van der Waals surface area contributed by atoms with E-state index in [1.54, 1.807) is 0 Å². The van der Waals surface area contributed by atoms with Crippen LogP contribution in [0, 0.1) is 0 Å². The average Bonchev–Trinajstić information content (AvgIpc) is 2.85. The fourth-order valence-corrected chi connectivity index (χ4v) is 5.85. The van der Waals surface area contributed by atoms with Gasteiger partial charge in [-0.25, -0.2) is 0 Å². The van der Waals surface area contributed by atoms with Crippen LogP contribution < -0.4 is 17.2 Å². The Balaban J connectivity index is 1.74. The molecular weight excluding hydrogens is 667 g/mol. The summed E-state index contributed by atoms with van der Waals surface area (Å²) in [5, 5.41) is 80.7. The van der Waals surface area contributed by atoms with Gasteiger partial charge in [-0.3, -0.25) is 0 Å². The van der Waals surface area contributed by atoms with E-state index in [9.17, 15) is 40.9 Å². The Morgan fingerprint density at radius 2 is 1.20 bits per heavy atom. The standard InChI is InChI=1S/C18H34N3O13.Hg/c19-7-12(27)14(5(2-23)30-16(7)29)33-18-9(21)13(28)15(6(3-24)32-18)34-17-8(20)11(26)10(25)4(1-22)31-17;/h5-18,22-29H,1-3,19-21H2;/t5-,6-,7-,8-,9-,10-,11-,12-,13-,14?,15?,16-,17-,18+;/m1./s1. The fraction of sp³-hybridized carbons (Fsp3) is 1.00. The second kappa shape index (κ2) is 12.0. The molecule has 3 heterocycles. The van der Waals surface area contributed by atoms with Gasteiger partial charge in [0, 0.05) is 0 Å². The Bertz CT molecular complexity index is 698. The van der Waals surface area contributed by atoms with Crippen LogP contribution in [0.15, 0.2) is 0 Å². The van der Waals surface area contributed by atoms with Gasteiger partial charge in [-0.2, -0.15) is 0 Å². The van der Waals surface area contributed by atoms with Crippen molar-refractivity contribution in [3.63, 3.8) is 0 Å². The van der Waals surface area contributed by atoms with Gasteiger partial charge in [0.25, 0.3) is 0 Å². The molecule has 17 heteroatoms. The fourth-order valence-electron chi connectivity index (χ4n) is 4.27. The van der Waals surface area contributed by atoms with E-state index in [4.69, 9.17) is 40.9 Å². The van der Waals surface area contributed by atoms with E-state index in [1.165, 1.54) is 0 Å². The molecule has 0 saturated carbocycles. The molecule has 201 valence electrons. The van der Waals surface area contributed by atoms with Crippen molar-refractivity contribution in [2.24, 2.45) is 17.2 Å². The van der Waals surface area contributed by atoms with Crippen LogP contribution in [0.25, 0.3) is 0 Å². The summed E-state index contributed by atoms with van der Waals surface area (Å²) < 4.78 is 26.4. The number of aliphatic hydroxyl groups is 8. The summed E-state index contributed by atoms with van der Waals surface area (Å²) in [7, 11) is 0. The Morgan fingerprint density at radius 3 is 1.74 bits per heavy atom. The van der Waals surface area contributed by atoms with Crippen LogP contribution in [0.5, 0.6) is 0 Å². The third-order valence-corrected chi connectivity index (χ3v) is 9.74. The molecule has 0 amide bonds. The third-order valence-electron chi connectivity index (χ3n) is 6.59. The number of hydrogen-bond acceptors (Lipinski definition) is 16. The zero-order valence-corrected chi connectivity index (χ0v) is 24.3. The molecule has 2 unspecified atom stereocenters. The monoisotopic (exact) mass is 702 g/mol. The first-order valence-electron chi connectivity index (χ1n) is 11.0. The normalized spacial score (nSPS) is 53.5. The van der Waals surface area contributed by atoms with Crippen LogP contribution in [0.1, 0.15) is 0 Å². The molecule has 3 aliphatic heterocycles. The predicted octanol–water partition coefficient (Wildman–Crippen LogP) is -7.80. The van der Waals surface area contributed by atoms with E-state index in [0.29, 0.717) is 0 Å². The Hall–Kier alpha value is 0.295. The van der Waals surface area contributed by atoms with E-state index in [0.717, 1.165) is 0 Å². The van der Waals surface area contributed by atoms with Crippen molar-refractivity contribution in [3.05, 3.63) is 0 Å². The van der Waals surface area contributed by atoms with E-state index in [1.807, 2.05) is 0 Å². The third kappa shape index (κ3) is 5.83. The first kappa shape index (κ1) is 29.8. The van der Waals surface area contributed by atoms with Gasteiger partial charge in [-0.1, -0.05) is 0 Å². The Morgan fingerprint density at radius 1 is 0.714 bits per heavy atom. The molecule has 0 radical (unpaired) electrons. The van der Waals surface area contributed by atoms with Crippen LogP contribution in [0.3, 0.4) is 0 Å². The Kier molecular flexibility index (Phi) is 10.2. The van der Waals surface area contributed by atoms with Gasteiger partial charge in [0.2, 0.25) is 0 Å². The van der Waals surface area contributed by atoms with Crippen molar-refractivity contribution < 1.29 is 90.7 Å². The molecule has 16 nitrogen and oxygen atoms in total. The summed E-state index contributed by atoms with van der Waals surface area (Å²) in [4.78, 5) is 0. The topological polar surface area (TPSA) is 286 Å². The van der Waals surface area contributed by atoms with Crippen LogP contribution in [-0.2, 0) is 49.8 Å². The van der Waals surface area contributed by atoms with Gasteiger partial charge in [0.15, 0.2) is 6.29 Å². The van der Waals surface area contributed by atoms with Crippen LogP contribution >= 0.6 is 0 Å². The van der Waals surface area contributed by atoms with Crippen molar-refractivity contribution in [1.29, 1.82) is 0 Å². The zero-order chi connectivity index (χ0) is 26.2. The van der Waals surface area contributed by atoms with Crippen molar-refractivity contribution in [2.75, 3.05) is 19.8 Å². The summed E-state index contributed by atoms with van der Waals surface area (Å²) in [6.45, 7) is -1.94. The molecular formula is C18H34HgN3O13. The van der Waals surface area contributed by atoms with Gasteiger partial charge >= 0.3 is 194 Å². The van der Waals surface area contributed by atoms with Gasteiger partial charge < -0.3 is 15.9 Å². The number of ether oxygens (including phenoxy) is 5. The van der Waals surface area contributed by atoms with E-state index < -0.39 is 135 Å². The molecule has 3 saturated heterocycles. The molecule has 0 bridgehead atoms. The van der Waals surface area contributed by atoms with Crippen LogP contribution in [-0.4, -0.2) is 150 Å². The van der Waals surface area contributed by atoms with Gasteiger partial charge in [0.05, 0.1) is 0 Å². The molecule has 0 aromatic heterocycles. The van der Waals surface area contributed by atoms with Crippen molar-refractivity contribution in [2.45, 2.75) is 88.9 Å². The second-order valence-electron chi connectivity index (χ2n) is 9.03. The molecule has 0 aromatic rings. The van der Waals surface area contributed by atoms with Crippen LogP contribution in [0.2, 0.25) is 0 Å². The van der Waals surface area contributed by atoms with Crippen molar-refractivity contribution >= 4 is 0 Å². The number of rotatable bonds is 7. The van der Waals surface area contributed by atoms with Crippen LogP contribution in [0.4, 0.5) is 0 Å². The van der Waals surface area contributed by atoms with E-state index >= 15 is 0 Å². The van der Waals surface area contributed by atoms with Gasteiger partial charge in [-0.15, -0.1) is 0 Å². The minimum atomic E-state index is -1.56. The molecule has 3 aliphatic rings. The summed E-state index contributed by atoms with van der Waals surface area (Å²) >= 11 is -0.404. The second-order valence-corrected chi connectivity index (χ2v) is 13.7. The summed E-state index contributed by atoms with van der Waals surface area (Å²) in [6, 6.07) is -3.86. The molecule has 3 fully saturated rings. The maximum atomic E-state index is 10.9. The first-order chi connectivity index (χ1) is 16.4. The Labute approximate surface area is 216 Å². The van der Waals surface area contributed by atoms with Gasteiger partial charge in [-0.05, 0) is 0 Å². The van der Waals surface area contributed by atoms with Crippen molar-refractivity contribution in [3.8, 4) is 0 Å². The molecule has 14 N–H and O–H groups in total. The molecule has 0 aromatic carbocycles. The quantitative estimate of drug-likeness (QED) is 0.110. The van der Waals surface area contributed by atoms with E-state index in [2.05, 4.69) is 0 Å². The summed E-state index contributed by atoms with van der Waals surface area (Å²) in [5.41, 5.74) is 17.7. The molecule has 0 aliphatic carbocycles. The SMILES string of the molecule is N[C@H]1[C@@H](OC2[C@@H](CO)O[C@@H](OC3[C@@H](CO)O[C@@H](O)[C@H](N)[C@H]3O)[C@H](N)[C@H]2O)O[C@@]([Hg])(CO)[C@@H](O)[C@@H]1O. The average molecular weight is 701 g/mol. The number of nitrogens with two attached hydrogens (primary N) is 3. The van der Waals surface area contributed by atoms with Gasteiger partial charge in [0.1, 0.15) is 0 Å². The number of hydrogen-bond donors (Lipinski definition) is 11. The molecule has 0 spiro atoms. The first-order valence-corrected chi connectivity index (χ1v) is 13.8.